The van der Waals surface area contributed by atoms with Gasteiger partial charge in [0.1, 0.15) is 5.82 Å². The Hall–Kier alpha value is -2.67. The highest BCUT2D eigenvalue weighted by Gasteiger charge is 2.12. The molecular formula is C14H11N5OS. The number of nitrogens with one attached hydrogen (secondary N) is 1. The fourth-order valence-electron chi connectivity index (χ4n) is 2.13. The summed E-state index contributed by atoms with van der Waals surface area (Å²) in [5.74, 6) is 1.90. The molecule has 0 fully saturated rings. The van der Waals surface area contributed by atoms with Gasteiger partial charge in [-0.1, -0.05) is 17.3 Å². The summed E-state index contributed by atoms with van der Waals surface area (Å²) in [7, 11) is 0. The largest absolute Gasteiger partial charge is 0.391 e. The summed E-state index contributed by atoms with van der Waals surface area (Å²) < 4.78 is 5.26. The molecule has 0 atom stereocenters. The van der Waals surface area contributed by atoms with Crippen molar-refractivity contribution in [1.82, 2.24) is 20.1 Å². The fraction of sp³-hybridized carbons (Fsp3) is 0.0714. The molecule has 0 spiro atoms. The number of imidazole rings is 1. The van der Waals surface area contributed by atoms with Crippen molar-refractivity contribution in [3.05, 3.63) is 48.0 Å². The number of benzene rings is 1. The van der Waals surface area contributed by atoms with Crippen LogP contribution in [0.5, 0.6) is 0 Å². The highest BCUT2D eigenvalue weighted by molar-refractivity contribution is 7.19. The third-order valence-corrected chi connectivity index (χ3v) is 3.97. The van der Waals surface area contributed by atoms with E-state index in [9.17, 15) is 0 Å². The van der Waals surface area contributed by atoms with Crippen molar-refractivity contribution >= 4 is 27.4 Å². The van der Waals surface area contributed by atoms with Crippen LogP contribution in [0.2, 0.25) is 0 Å². The standard InChI is InChI=1S/C14H11N5OS/c15-11-6-5-10(21-11)14-18-13(19-20-14)7-12-16-8-3-1-2-4-9(8)17-12/h1-6H,7,15H2,(H,16,17). The molecule has 0 aliphatic carbocycles. The first-order chi connectivity index (χ1) is 10.3. The maximum absolute atomic E-state index is 5.70. The number of hydrogen-bond donors (Lipinski definition) is 2. The lowest BCUT2D eigenvalue weighted by Gasteiger charge is -1.88. The molecule has 0 saturated heterocycles. The number of thiophene rings is 1. The Balaban J connectivity index is 1.61. The van der Waals surface area contributed by atoms with Gasteiger partial charge in [-0.25, -0.2) is 4.98 Å². The van der Waals surface area contributed by atoms with Gasteiger partial charge in [0, 0.05) is 0 Å². The van der Waals surface area contributed by atoms with Gasteiger partial charge >= 0.3 is 0 Å². The third-order valence-electron chi connectivity index (χ3n) is 3.07. The molecule has 0 saturated carbocycles. The molecule has 0 aliphatic rings. The lowest BCUT2D eigenvalue weighted by atomic mass is 10.3. The summed E-state index contributed by atoms with van der Waals surface area (Å²) in [4.78, 5) is 13.0. The van der Waals surface area contributed by atoms with Crippen molar-refractivity contribution in [1.29, 1.82) is 0 Å². The van der Waals surface area contributed by atoms with E-state index in [2.05, 4.69) is 20.1 Å². The van der Waals surface area contributed by atoms with Gasteiger partial charge in [-0.2, -0.15) is 4.98 Å². The fourth-order valence-corrected chi connectivity index (χ4v) is 2.83. The number of fused-ring (bicyclic) bond motifs is 1. The zero-order chi connectivity index (χ0) is 14.2. The van der Waals surface area contributed by atoms with E-state index in [1.165, 1.54) is 11.3 Å². The van der Waals surface area contributed by atoms with Gasteiger partial charge in [-0.3, -0.25) is 0 Å². The molecule has 0 unspecified atom stereocenters. The Morgan fingerprint density at radius 2 is 2.05 bits per heavy atom. The molecule has 0 bridgehead atoms. The van der Waals surface area contributed by atoms with Crippen LogP contribution >= 0.6 is 11.3 Å². The Bertz CT molecular complexity index is 874. The van der Waals surface area contributed by atoms with E-state index < -0.39 is 0 Å². The SMILES string of the molecule is Nc1ccc(-c2nc(Cc3nc4ccccc4[nH]3)no2)s1. The highest BCUT2D eigenvalue weighted by atomic mass is 32.1. The minimum atomic E-state index is 0.489. The Morgan fingerprint density at radius 3 is 2.86 bits per heavy atom. The molecule has 4 aromatic rings. The summed E-state index contributed by atoms with van der Waals surface area (Å²) in [5.41, 5.74) is 7.64. The van der Waals surface area contributed by atoms with E-state index in [1.807, 2.05) is 36.4 Å². The van der Waals surface area contributed by atoms with E-state index in [0.717, 1.165) is 26.7 Å². The average molecular weight is 297 g/mol. The maximum Gasteiger partial charge on any atom is 0.268 e. The third kappa shape index (κ3) is 2.27. The maximum atomic E-state index is 5.70. The smallest absolute Gasteiger partial charge is 0.268 e. The molecule has 0 aliphatic heterocycles. The van der Waals surface area contributed by atoms with E-state index in [4.69, 9.17) is 10.3 Å². The second-order valence-electron chi connectivity index (χ2n) is 4.60. The van der Waals surface area contributed by atoms with Crippen LogP contribution in [0.25, 0.3) is 21.8 Å². The van der Waals surface area contributed by atoms with Gasteiger partial charge in [-0.15, -0.1) is 11.3 Å². The van der Waals surface area contributed by atoms with Gasteiger partial charge in [0.15, 0.2) is 5.82 Å². The van der Waals surface area contributed by atoms with Crippen LogP contribution in [0.1, 0.15) is 11.6 Å². The van der Waals surface area contributed by atoms with Crippen LogP contribution in [0.3, 0.4) is 0 Å². The first kappa shape index (κ1) is 12.1. The van der Waals surface area contributed by atoms with E-state index in [-0.39, 0.29) is 0 Å². The van der Waals surface area contributed by atoms with Crippen LogP contribution in [-0.2, 0) is 6.42 Å². The van der Waals surface area contributed by atoms with Gasteiger partial charge in [0.05, 0.1) is 27.3 Å². The normalized spacial score (nSPS) is 11.2. The number of nitrogens with two attached hydrogens (primary N) is 1. The van der Waals surface area contributed by atoms with Crippen LogP contribution in [-0.4, -0.2) is 20.1 Å². The quantitative estimate of drug-likeness (QED) is 0.606. The van der Waals surface area contributed by atoms with Crippen molar-refractivity contribution in [3.8, 4) is 10.8 Å². The molecule has 0 amide bonds. The van der Waals surface area contributed by atoms with E-state index >= 15 is 0 Å². The van der Waals surface area contributed by atoms with Crippen LogP contribution in [0.15, 0.2) is 40.9 Å². The molecule has 3 heterocycles. The van der Waals surface area contributed by atoms with Crippen molar-refractivity contribution in [2.24, 2.45) is 0 Å². The minimum absolute atomic E-state index is 0.489. The number of rotatable bonds is 3. The average Bonchev–Trinajstić information content (AvgIpc) is 3.17. The summed E-state index contributed by atoms with van der Waals surface area (Å²) in [6, 6.07) is 11.6. The minimum Gasteiger partial charge on any atom is -0.391 e. The first-order valence-electron chi connectivity index (χ1n) is 6.40. The predicted octanol–water partition coefficient (Wildman–Crippen LogP) is 2.85. The number of anilines is 1. The van der Waals surface area contributed by atoms with E-state index in [1.54, 1.807) is 0 Å². The lowest BCUT2D eigenvalue weighted by molar-refractivity contribution is 0.424. The summed E-state index contributed by atoms with van der Waals surface area (Å²) >= 11 is 1.42. The van der Waals surface area contributed by atoms with Gasteiger partial charge < -0.3 is 15.2 Å². The zero-order valence-corrected chi connectivity index (χ0v) is 11.7. The summed E-state index contributed by atoms with van der Waals surface area (Å²) in [5, 5.41) is 4.71. The number of H-pyrrole nitrogens is 1. The lowest BCUT2D eigenvalue weighted by Crippen LogP contribution is -1.92. The molecular weight excluding hydrogens is 286 g/mol. The molecule has 0 radical (unpaired) electrons. The number of nitrogens with zero attached hydrogens (tertiary/aromatic N) is 3. The summed E-state index contributed by atoms with van der Waals surface area (Å²) in [6.45, 7) is 0. The van der Waals surface area contributed by atoms with Crippen LogP contribution in [0.4, 0.5) is 5.00 Å². The molecule has 6 nitrogen and oxygen atoms in total. The number of nitrogen functional groups attached to an aromatic ring is 1. The van der Waals surface area contributed by atoms with Gasteiger partial charge in [0.2, 0.25) is 0 Å². The number of hydrogen-bond acceptors (Lipinski definition) is 6. The molecule has 21 heavy (non-hydrogen) atoms. The Morgan fingerprint density at radius 1 is 1.14 bits per heavy atom. The van der Waals surface area contributed by atoms with Crippen LogP contribution in [0, 0.1) is 0 Å². The highest BCUT2D eigenvalue weighted by Crippen LogP contribution is 2.28. The molecule has 3 aromatic heterocycles. The second-order valence-corrected chi connectivity index (χ2v) is 5.71. The van der Waals surface area contributed by atoms with Crippen molar-refractivity contribution in [3.63, 3.8) is 0 Å². The summed E-state index contributed by atoms with van der Waals surface area (Å²) in [6.07, 6.45) is 0.499. The van der Waals surface area contributed by atoms with Gasteiger partial charge in [-0.05, 0) is 24.3 Å². The second kappa shape index (κ2) is 4.71. The number of para-hydroxylation sites is 2. The van der Waals surface area contributed by atoms with Crippen molar-refractivity contribution < 1.29 is 4.52 Å². The topological polar surface area (TPSA) is 93.6 Å². The predicted molar refractivity (Wildman–Crippen MR) is 80.9 cm³/mol. The van der Waals surface area contributed by atoms with Crippen LogP contribution < -0.4 is 5.73 Å². The molecule has 1 aromatic carbocycles. The molecule has 104 valence electrons. The number of aromatic amines is 1. The molecule has 3 N–H and O–H groups in total. The monoisotopic (exact) mass is 297 g/mol. The Kier molecular flexibility index (Phi) is 2.71. The Labute approximate surface area is 123 Å². The number of aromatic nitrogens is 4. The van der Waals surface area contributed by atoms with Crippen molar-refractivity contribution in [2.45, 2.75) is 6.42 Å². The van der Waals surface area contributed by atoms with E-state index in [0.29, 0.717) is 18.1 Å². The zero-order valence-electron chi connectivity index (χ0n) is 10.9. The van der Waals surface area contributed by atoms with Crippen molar-refractivity contribution in [2.75, 3.05) is 5.73 Å². The molecule has 7 heteroatoms. The van der Waals surface area contributed by atoms with Gasteiger partial charge in [0.25, 0.3) is 5.89 Å². The molecule has 4 rings (SSSR count). The first-order valence-corrected chi connectivity index (χ1v) is 7.21.